The molecule has 0 bridgehead atoms. The monoisotopic (exact) mass is 488 g/mol. The van der Waals surface area contributed by atoms with E-state index < -0.39 is 29.0 Å². The number of aliphatic carboxylic acids is 1. The van der Waals surface area contributed by atoms with E-state index >= 15 is 0 Å². The first-order chi connectivity index (χ1) is 16.1. The van der Waals surface area contributed by atoms with Crippen molar-refractivity contribution in [2.75, 3.05) is 0 Å². The quantitative estimate of drug-likeness (QED) is 0.427. The molecule has 9 unspecified atom stereocenters. The van der Waals surface area contributed by atoms with Crippen molar-refractivity contribution in [2.45, 2.75) is 118 Å². The van der Waals surface area contributed by atoms with Gasteiger partial charge in [0.25, 0.3) is 0 Å². The van der Waals surface area contributed by atoms with Crippen LogP contribution in [0.25, 0.3) is 0 Å². The van der Waals surface area contributed by atoms with Crippen molar-refractivity contribution in [3.05, 3.63) is 11.6 Å². The highest BCUT2D eigenvalue weighted by Gasteiger charge is 2.69. The van der Waals surface area contributed by atoms with Gasteiger partial charge in [-0.2, -0.15) is 0 Å². The Morgan fingerprint density at radius 3 is 2.34 bits per heavy atom. The van der Waals surface area contributed by atoms with E-state index in [0.717, 1.165) is 44.1 Å². The zero-order valence-corrected chi connectivity index (χ0v) is 23.0. The van der Waals surface area contributed by atoms with E-state index in [-0.39, 0.29) is 39.8 Å². The third-order valence-electron chi connectivity index (χ3n) is 12.1. The van der Waals surface area contributed by atoms with Gasteiger partial charge in [0.1, 0.15) is 6.10 Å². The maximum atomic E-state index is 13.0. The number of aliphatic hydroxyl groups excluding tert-OH is 2. The number of carboxylic acids is 1. The van der Waals surface area contributed by atoms with Crippen LogP contribution in [0.2, 0.25) is 0 Å². The summed E-state index contributed by atoms with van der Waals surface area (Å²) in [4.78, 5) is 25.9. The van der Waals surface area contributed by atoms with Crippen molar-refractivity contribution in [3.63, 3.8) is 0 Å². The molecule has 5 nitrogen and oxygen atoms in total. The number of fused-ring (bicyclic) bond motifs is 5. The smallest absolute Gasteiger partial charge is 0.310 e. The fourth-order valence-corrected chi connectivity index (χ4v) is 10.1. The summed E-state index contributed by atoms with van der Waals surface area (Å²) in [6.07, 6.45) is 7.59. The molecule has 5 heteroatoms. The summed E-state index contributed by atoms with van der Waals surface area (Å²) in [6, 6.07) is 0. The summed E-state index contributed by atoms with van der Waals surface area (Å²) in [5.41, 5.74) is -0.749. The van der Waals surface area contributed by atoms with Gasteiger partial charge in [0, 0.05) is 17.8 Å². The van der Waals surface area contributed by atoms with E-state index in [9.17, 15) is 24.9 Å². The predicted octanol–water partition coefficient (Wildman–Crippen LogP) is 5.77. The molecular formula is C30H48O5. The zero-order chi connectivity index (χ0) is 26.2. The van der Waals surface area contributed by atoms with Crippen LogP contribution in [0.15, 0.2) is 11.6 Å². The molecule has 4 aliphatic rings. The first-order valence-electron chi connectivity index (χ1n) is 14.0. The van der Waals surface area contributed by atoms with Gasteiger partial charge < -0.3 is 15.3 Å². The van der Waals surface area contributed by atoms with Crippen molar-refractivity contribution in [1.29, 1.82) is 0 Å². The lowest BCUT2D eigenvalue weighted by Crippen LogP contribution is -2.66. The standard InChI is InChI=1S/C30H48O5/c1-8-9-13-30(25(34)35)16-15-28(6)19(23(30)18(2)31)10-11-22-27(5)17-20(32)24(33)26(3,4)21(27)12-14-29(22,28)7/h10,18,21-24,31,33H,8-9,11-17H2,1-7H3,(H,34,35). The molecule has 0 spiro atoms. The molecule has 0 aromatic carbocycles. The Labute approximate surface area is 211 Å². The fourth-order valence-electron chi connectivity index (χ4n) is 10.1. The van der Waals surface area contributed by atoms with E-state index in [1.807, 2.05) is 0 Å². The Kier molecular flexibility index (Phi) is 6.45. The third-order valence-corrected chi connectivity index (χ3v) is 12.1. The van der Waals surface area contributed by atoms with E-state index in [1.165, 1.54) is 0 Å². The van der Waals surface area contributed by atoms with Crippen molar-refractivity contribution in [3.8, 4) is 0 Å². The number of carbonyl (C=O) groups excluding carboxylic acids is 1. The SMILES string of the molecule is CCCCC1(C(=O)O)CCC2(C)C(=CCC3C4(C)CC(=O)C(O)C(C)(C)C4CCC32C)C1C(C)O. The van der Waals surface area contributed by atoms with Gasteiger partial charge in [0.2, 0.25) is 0 Å². The Morgan fingerprint density at radius 1 is 1.11 bits per heavy atom. The molecule has 35 heavy (non-hydrogen) atoms. The maximum Gasteiger partial charge on any atom is 0.310 e. The van der Waals surface area contributed by atoms with Crippen LogP contribution < -0.4 is 0 Å². The second kappa shape index (κ2) is 8.41. The van der Waals surface area contributed by atoms with Gasteiger partial charge >= 0.3 is 5.97 Å². The van der Waals surface area contributed by atoms with Gasteiger partial charge in [0.05, 0.1) is 11.5 Å². The number of hydrogen-bond donors (Lipinski definition) is 3. The number of hydrogen-bond acceptors (Lipinski definition) is 4. The van der Waals surface area contributed by atoms with Gasteiger partial charge in [-0.15, -0.1) is 0 Å². The van der Waals surface area contributed by atoms with Crippen LogP contribution in [0.1, 0.15) is 106 Å². The van der Waals surface area contributed by atoms with Crippen LogP contribution in [0.4, 0.5) is 0 Å². The zero-order valence-electron chi connectivity index (χ0n) is 23.0. The first-order valence-corrected chi connectivity index (χ1v) is 14.0. The summed E-state index contributed by atoms with van der Waals surface area (Å²) in [7, 11) is 0. The van der Waals surface area contributed by atoms with E-state index in [0.29, 0.717) is 19.3 Å². The van der Waals surface area contributed by atoms with Crippen LogP contribution in [-0.4, -0.2) is 39.3 Å². The second-order valence-electron chi connectivity index (χ2n) is 13.9. The Bertz CT molecular complexity index is 920. The molecule has 0 aromatic rings. The van der Waals surface area contributed by atoms with Crippen molar-refractivity contribution >= 4 is 11.8 Å². The van der Waals surface area contributed by atoms with Gasteiger partial charge in [-0.05, 0) is 73.5 Å². The summed E-state index contributed by atoms with van der Waals surface area (Å²) in [6.45, 7) is 15.0. The Hall–Kier alpha value is -1.20. The Balaban J connectivity index is 1.83. The molecule has 198 valence electrons. The molecule has 0 radical (unpaired) electrons. The molecule has 0 amide bonds. The van der Waals surface area contributed by atoms with Gasteiger partial charge in [0.15, 0.2) is 5.78 Å². The highest BCUT2D eigenvalue weighted by molar-refractivity contribution is 5.85. The summed E-state index contributed by atoms with van der Waals surface area (Å²) < 4.78 is 0. The number of unbranched alkanes of at least 4 members (excludes halogenated alkanes) is 1. The third kappa shape index (κ3) is 3.39. The average molecular weight is 489 g/mol. The van der Waals surface area contributed by atoms with E-state index in [1.54, 1.807) is 6.92 Å². The normalized spacial score (nSPS) is 47.7. The van der Waals surface area contributed by atoms with Crippen LogP contribution in [0, 0.1) is 44.8 Å². The van der Waals surface area contributed by atoms with Gasteiger partial charge in [-0.3, -0.25) is 9.59 Å². The molecule has 3 N–H and O–H groups in total. The highest BCUT2D eigenvalue weighted by atomic mass is 16.4. The second-order valence-corrected chi connectivity index (χ2v) is 13.9. The molecule has 0 aliphatic heterocycles. The molecule has 4 aliphatic carbocycles. The molecule has 3 saturated carbocycles. The predicted molar refractivity (Wildman–Crippen MR) is 137 cm³/mol. The highest BCUT2D eigenvalue weighted by Crippen LogP contribution is 2.74. The maximum absolute atomic E-state index is 13.0. The molecule has 0 aromatic heterocycles. The molecule has 9 atom stereocenters. The van der Waals surface area contributed by atoms with Crippen molar-refractivity contribution in [2.24, 2.45) is 44.8 Å². The van der Waals surface area contributed by atoms with Crippen molar-refractivity contribution < 1.29 is 24.9 Å². The van der Waals surface area contributed by atoms with E-state index in [4.69, 9.17) is 0 Å². The minimum absolute atomic E-state index is 0.0344. The molecule has 0 saturated heterocycles. The largest absolute Gasteiger partial charge is 0.481 e. The molecular weight excluding hydrogens is 440 g/mol. The van der Waals surface area contributed by atoms with Gasteiger partial charge in [-0.25, -0.2) is 0 Å². The number of carbonyl (C=O) groups is 2. The summed E-state index contributed by atoms with van der Waals surface area (Å²) in [5, 5.41) is 32.4. The lowest BCUT2D eigenvalue weighted by molar-refractivity contribution is -0.204. The molecule has 4 rings (SSSR count). The molecule has 3 fully saturated rings. The summed E-state index contributed by atoms with van der Waals surface area (Å²) in [5.74, 6) is -0.650. The minimum Gasteiger partial charge on any atom is -0.481 e. The van der Waals surface area contributed by atoms with Crippen LogP contribution in [0.5, 0.6) is 0 Å². The van der Waals surface area contributed by atoms with Crippen LogP contribution in [-0.2, 0) is 9.59 Å². The lowest BCUT2D eigenvalue weighted by Gasteiger charge is -2.70. The van der Waals surface area contributed by atoms with Crippen LogP contribution in [0.3, 0.4) is 0 Å². The first kappa shape index (κ1) is 26.9. The molecule has 0 heterocycles. The number of carboxylic acid groups (broad SMARTS) is 1. The number of allylic oxidation sites excluding steroid dienone is 1. The fraction of sp³-hybridized carbons (Fsp3) is 0.867. The van der Waals surface area contributed by atoms with Crippen LogP contribution >= 0.6 is 0 Å². The van der Waals surface area contributed by atoms with Gasteiger partial charge in [-0.1, -0.05) is 66.0 Å². The number of ketones is 1. The number of aliphatic hydroxyl groups is 2. The summed E-state index contributed by atoms with van der Waals surface area (Å²) >= 11 is 0. The average Bonchev–Trinajstić information content (AvgIpc) is 2.76. The number of rotatable bonds is 5. The Morgan fingerprint density at radius 2 is 1.77 bits per heavy atom. The van der Waals surface area contributed by atoms with Crippen molar-refractivity contribution in [1.82, 2.24) is 0 Å². The number of Topliss-reactive ketones (excluding diaryl/α,β-unsaturated/α-hetero) is 1. The minimum atomic E-state index is -0.924. The van der Waals surface area contributed by atoms with E-state index in [2.05, 4.69) is 47.6 Å². The topological polar surface area (TPSA) is 94.8 Å². The lowest BCUT2D eigenvalue weighted by atomic mass is 9.34.